The maximum Gasteiger partial charge on any atom is 0.339 e. The fourth-order valence-corrected chi connectivity index (χ4v) is 3.03. The summed E-state index contributed by atoms with van der Waals surface area (Å²) < 4.78 is 11.6. The number of H-pyrrole nitrogens is 1. The van der Waals surface area contributed by atoms with Crippen LogP contribution in [0.5, 0.6) is 23.4 Å². The first-order valence-electron chi connectivity index (χ1n) is 9.68. The number of carboxylic acids is 1. The molecule has 0 unspecified atom stereocenters. The number of aromatic nitrogens is 4. The lowest BCUT2D eigenvalue weighted by atomic mass is 10.1. The third-order valence-electron chi connectivity index (χ3n) is 4.46. The average Bonchev–Trinajstić information content (AvgIpc) is 3.13. The fourth-order valence-electron chi connectivity index (χ4n) is 3.03. The van der Waals surface area contributed by atoms with Gasteiger partial charge >= 0.3 is 18.0 Å². The number of nitrogens with zero attached hydrogens (tertiary/aromatic N) is 3. The van der Waals surface area contributed by atoms with Crippen LogP contribution in [0.1, 0.15) is 21.7 Å². The minimum absolute atomic E-state index is 0.0384. The van der Waals surface area contributed by atoms with Crippen molar-refractivity contribution in [2.45, 2.75) is 6.92 Å². The number of rotatable bonds is 7. The SMILES string of the molecule is Cc1nc2nc(Oc3cc(C(=N)N)ccc3C(=O)O)nc(Oc3cccc(NC(N)=O)c3)c2[nH]1. The number of hydrogen-bond acceptors (Lipinski definition) is 8. The van der Waals surface area contributed by atoms with Crippen molar-refractivity contribution < 1.29 is 24.2 Å². The van der Waals surface area contributed by atoms with E-state index in [9.17, 15) is 14.7 Å². The van der Waals surface area contributed by atoms with E-state index in [0.717, 1.165) is 0 Å². The van der Waals surface area contributed by atoms with Gasteiger partial charge in [0.25, 0.3) is 5.88 Å². The number of carboxylic acid groups (broad SMARTS) is 1. The highest BCUT2D eigenvalue weighted by Gasteiger charge is 2.19. The normalized spacial score (nSPS) is 10.6. The molecule has 0 bridgehead atoms. The van der Waals surface area contributed by atoms with Gasteiger partial charge in [0.15, 0.2) is 5.65 Å². The molecule has 0 spiro atoms. The van der Waals surface area contributed by atoms with E-state index in [-0.39, 0.29) is 40.2 Å². The van der Waals surface area contributed by atoms with Gasteiger partial charge in [-0.25, -0.2) is 14.6 Å². The summed E-state index contributed by atoms with van der Waals surface area (Å²) in [6.45, 7) is 1.71. The van der Waals surface area contributed by atoms with E-state index in [1.54, 1.807) is 25.1 Å². The van der Waals surface area contributed by atoms with Crippen LogP contribution < -0.4 is 26.3 Å². The maximum absolute atomic E-state index is 11.6. The standard InChI is InChI=1S/C21H18N8O5/c1-9-25-15-17(26-9)28-21(34-14-7-10(16(22)23)5-6-13(14)19(30)31)29-18(15)33-12-4-2-3-11(8-12)27-20(24)32/h2-8H,1H3,(H3,22,23)(H,30,31)(H3,24,27,32)(H,25,26,28,29). The number of carbonyl (C=O) groups is 2. The van der Waals surface area contributed by atoms with Crippen molar-refractivity contribution in [3.63, 3.8) is 0 Å². The Hall–Kier alpha value is -5.20. The van der Waals surface area contributed by atoms with Crippen LogP contribution in [-0.2, 0) is 0 Å². The van der Waals surface area contributed by atoms with Gasteiger partial charge in [-0.05, 0) is 31.2 Å². The second-order valence-electron chi connectivity index (χ2n) is 6.98. The Morgan fingerprint density at radius 3 is 2.59 bits per heavy atom. The molecule has 2 aromatic carbocycles. The second-order valence-corrected chi connectivity index (χ2v) is 6.98. The molecule has 0 aliphatic carbocycles. The van der Waals surface area contributed by atoms with E-state index >= 15 is 0 Å². The molecule has 8 N–H and O–H groups in total. The second kappa shape index (κ2) is 8.74. The zero-order valence-electron chi connectivity index (χ0n) is 17.6. The van der Waals surface area contributed by atoms with Crippen LogP contribution >= 0.6 is 0 Å². The van der Waals surface area contributed by atoms with Crippen LogP contribution in [0.3, 0.4) is 0 Å². The van der Waals surface area contributed by atoms with Crippen LogP contribution in [0, 0.1) is 12.3 Å². The van der Waals surface area contributed by atoms with Gasteiger partial charge in [0.2, 0.25) is 0 Å². The molecule has 34 heavy (non-hydrogen) atoms. The molecule has 2 aromatic heterocycles. The van der Waals surface area contributed by atoms with Gasteiger partial charge in [-0.2, -0.15) is 9.97 Å². The molecule has 13 nitrogen and oxygen atoms in total. The summed E-state index contributed by atoms with van der Waals surface area (Å²) in [5.41, 5.74) is 11.7. The zero-order valence-corrected chi connectivity index (χ0v) is 17.6. The van der Waals surface area contributed by atoms with E-state index in [1.165, 1.54) is 24.3 Å². The summed E-state index contributed by atoms with van der Waals surface area (Å²) in [7, 11) is 0. The third kappa shape index (κ3) is 4.67. The van der Waals surface area contributed by atoms with E-state index in [4.69, 9.17) is 26.4 Å². The van der Waals surface area contributed by atoms with Crippen molar-refractivity contribution in [2.24, 2.45) is 11.5 Å². The van der Waals surface area contributed by atoms with Crippen molar-refractivity contribution in [1.82, 2.24) is 19.9 Å². The van der Waals surface area contributed by atoms with Gasteiger partial charge in [-0.3, -0.25) is 5.41 Å². The topological polar surface area (TPSA) is 215 Å². The lowest BCUT2D eigenvalue weighted by molar-refractivity contribution is 0.0694. The summed E-state index contributed by atoms with van der Waals surface area (Å²) in [5.74, 6) is -0.761. The number of amidine groups is 1. The first-order chi connectivity index (χ1) is 16.2. The number of primary amides is 1. The summed E-state index contributed by atoms with van der Waals surface area (Å²) in [5, 5.41) is 19.5. The van der Waals surface area contributed by atoms with Crippen molar-refractivity contribution in [3.8, 4) is 23.4 Å². The van der Waals surface area contributed by atoms with Crippen LogP contribution in [0.25, 0.3) is 11.2 Å². The summed E-state index contributed by atoms with van der Waals surface area (Å²) in [6, 6.07) is 9.39. The number of urea groups is 1. The van der Waals surface area contributed by atoms with Gasteiger partial charge < -0.3 is 36.3 Å². The molecule has 2 heterocycles. The number of aromatic carboxylic acids is 1. The van der Waals surface area contributed by atoms with Crippen LogP contribution in [-0.4, -0.2) is 42.9 Å². The molecule has 2 amide bonds. The molecule has 0 aliphatic heterocycles. The molecule has 0 saturated heterocycles. The van der Waals surface area contributed by atoms with E-state index < -0.39 is 12.0 Å². The molecule has 172 valence electrons. The van der Waals surface area contributed by atoms with Gasteiger partial charge in [-0.1, -0.05) is 12.1 Å². The average molecular weight is 462 g/mol. The van der Waals surface area contributed by atoms with Crippen molar-refractivity contribution in [2.75, 3.05) is 5.32 Å². The number of benzene rings is 2. The number of aromatic amines is 1. The van der Waals surface area contributed by atoms with Gasteiger partial charge in [0, 0.05) is 17.3 Å². The number of aryl methyl sites for hydroxylation is 1. The number of fused-ring (bicyclic) bond motifs is 1. The molecular weight excluding hydrogens is 444 g/mol. The highest BCUT2D eigenvalue weighted by atomic mass is 16.5. The fraction of sp³-hybridized carbons (Fsp3) is 0.0476. The Kier molecular flexibility index (Phi) is 5.66. The summed E-state index contributed by atoms with van der Waals surface area (Å²) in [6.07, 6.45) is 0. The molecule has 13 heteroatoms. The van der Waals surface area contributed by atoms with Gasteiger partial charge in [-0.15, -0.1) is 0 Å². The maximum atomic E-state index is 11.6. The first kappa shape index (κ1) is 22.0. The third-order valence-corrected chi connectivity index (χ3v) is 4.46. The van der Waals surface area contributed by atoms with Crippen molar-refractivity contribution >= 4 is 34.7 Å². The smallest absolute Gasteiger partial charge is 0.339 e. The Morgan fingerprint density at radius 2 is 1.88 bits per heavy atom. The van der Waals surface area contributed by atoms with Gasteiger partial charge in [0.1, 0.15) is 34.2 Å². The highest BCUT2D eigenvalue weighted by Crippen LogP contribution is 2.32. The number of nitrogens with one attached hydrogen (secondary N) is 3. The zero-order chi connectivity index (χ0) is 24.4. The van der Waals surface area contributed by atoms with E-state index in [2.05, 4.69) is 25.3 Å². The van der Waals surface area contributed by atoms with E-state index in [0.29, 0.717) is 22.8 Å². The largest absolute Gasteiger partial charge is 0.478 e. The predicted octanol–water partition coefficient (Wildman–Crippen LogP) is 2.72. The lowest BCUT2D eigenvalue weighted by Crippen LogP contribution is -2.19. The first-order valence-corrected chi connectivity index (χ1v) is 9.68. The summed E-state index contributed by atoms with van der Waals surface area (Å²) >= 11 is 0. The quantitative estimate of drug-likeness (QED) is 0.175. The van der Waals surface area contributed by atoms with Crippen molar-refractivity contribution in [1.29, 1.82) is 5.41 Å². The number of imidazole rings is 1. The number of nitrogen functional groups attached to an aromatic ring is 1. The molecular formula is C21H18N8O5. The Labute approximate surface area is 191 Å². The number of hydrogen-bond donors (Lipinski definition) is 6. The molecule has 0 fully saturated rings. The molecule has 0 aliphatic rings. The lowest BCUT2D eigenvalue weighted by Gasteiger charge is -2.11. The molecule has 0 atom stereocenters. The number of ether oxygens (including phenoxy) is 2. The summed E-state index contributed by atoms with van der Waals surface area (Å²) in [4.78, 5) is 38.5. The monoisotopic (exact) mass is 462 g/mol. The molecule has 0 saturated carbocycles. The van der Waals surface area contributed by atoms with Crippen molar-refractivity contribution in [3.05, 3.63) is 59.4 Å². The minimum atomic E-state index is -1.25. The van der Waals surface area contributed by atoms with Crippen LogP contribution in [0.2, 0.25) is 0 Å². The molecule has 4 rings (SSSR count). The Balaban J connectivity index is 1.75. The van der Waals surface area contributed by atoms with Gasteiger partial charge in [0.05, 0.1) is 0 Å². The number of nitrogens with two attached hydrogens (primary N) is 2. The molecule has 0 radical (unpaired) electrons. The molecule has 4 aromatic rings. The number of carbonyl (C=O) groups excluding carboxylic acids is 1. The minimum Gasteiger partial charge on any atom is -0.478 e. The van der Waals surface area contributed by atoms with E-state index in [1.807, 2.05) is 0 Å². The van der Waals surface area contributed by atoms with Crippen LogP contribution in [0.4, 0.5) is 10.5 Å². The highest BCUT2D eigenvalue weighted by molar-refractivity contribution is 5.98. The Bertz CT molecular complexity index is 1450. The number of anilines is 1. The predicted molar refractivity (Wildman–Crippen MR) is 121 cm³/mol. The van der Waals surface area contributed by atoms with Crippen LogP contribution in [0.15, 0.2) is 42.5 Å². The Morgan fingerprint density at radius 1 is 1.09 bits per heavy atom. The number of amides is 2.